The molecule has 0 fully saturated rings. The molecule has 1 aliphatic carbocycles. The van der Waals surface area contributed by atoms with Crippen LogP contribution in [0.2, 0.25) is 0 Å². The lowest BCUT2D eigenvalue weighted by Gasteiger charge is -2.10. The quantitative estimate of drug-likeness (QED) is 0.137. The Kier molecular flexibility index (Phi) is 8.18. The van der Waals surface area contributed by atoms with Gasteiger partial charge in [-0.05, 0) is 22.3 Å². The van der Waals surface area contributed by atoms with Crippen LogP contribution in [0.25, 0.3) is 65.4 Å². The zero-order valence-electron chi connectivity index (χ0n) is 34.8. The molecule has 0 atom stereocenters. The van der Waals surface area contributed by atoms with Gasteiger partial charge in [0.15, 0.2) is 0 Å². The number of H-pyrrole nitrogens is 4. The molecule has 4 heteroatoms. The van der Waals surface area contributed by atoms with Gasteiger partial charge in [0.25, 0.3) is 0 Å². The smallest absolute Gasteiger partial charge is 0.0566 e. The van der Waals surface area contributed by atoms with Crippen LogP contribution in [0, 0.1) is 0 Å². The van der Waals surface area contributed by atoms with Crippen molar-refractivity contribution in [3.05, 3.63) is 285 Å². The zero-order valence-corrected chi connectivity index (χ0v) is 34.8. The van der Waals surface area contributed by atoms with E-state index in [1.165, 1.54) is 0 Å². The largest absolute Gasteiger partial charge is 0.353 e. The molecule has 0 saturated heterocycles. The number of rotatable bonds is 4. The monoisotopic (exact) mass is 816 g/mol. The maximum absolute atomic E-state index is 4.18. The van der Waals surface area contributed by atoms with E-state index in [1.807, 2.05) is 0 Å². The minimum Gasteiger partial charge on any atom is -0.353 e. The van der Waals surface area contributed by atoms with Crippen molar-refractivity contribution in [1.29, 1.82) is 0 Å². The fourth-order valence-corrected chi connectivity index (χ4v) is 10.4. The third kappa shape index (κ3) is 5.49. The van der Waals surface area contributed by atoms with E-state index in [2.05, 4.69) is 238 Å². The Morgan fingerprint density at radius 2 is 0.359 bits per heavy atom. The molecule has 8 aromatic carbocycles. The van der Waals surface area contributed by atoms with Crippen LogP contribution in [-0.4, -0.2) is 19.9 Å². The summed E-state index contributed by atoms with van der Waals surface area (Å²) in [6.07, 6.45) is 0. The van der Waals surface area contributed by atoms with Gasteiger partial charge >= 0.3 is 0 Å². The minimum atomic E-state index is 1.05. The fourth-order valence-electron chi connectivity index (χ4n) is 10.4. The van der Waals surface area contributed by atoms with Crippen molar-refractivity contribution in [2.45, 2.75) is 0 Å². The maximum Gasteiger partial charge on any atom is 0.0566 e. The molecule has 4 aromatic heterocycles. The Hall–Kier alpha value is -8.60. The lowest BCUT2D eigenvalue weighted by molar-refractivity contribution is 1.20. The van der Waals surface area contributed by atoms with Gasteiger partial charge in [0, 0.05) is 65.4 Å². The predicted octanol–water partition coefficient (Wildman–Crippen LogP) is 10.9. The molecule has 0 radical (unpaired) electrons. The molecule has 300 valence electrons. The van der Waals surface area contributed by atoms with E-state index in [-0.39, 0.29) is 0 Å². The minimum absolute atomic E-state index is 1.05. The average Bonchev–Trinajstić information content (AvgIpc) is 4.14. The molecule has 0 saturated carbocycles. The SMILES string of the molecule is c1ccc(C2=c3[nH]c(c4ccccc34)=C(c3ccccc3)c3[nH]c(c4ccccc34)C(c3ccccc3)=c3[nH]c(c4ccccc34)=C(c3ccccc3)c3[nH]c2c2ccccc32)cc1. The van der Waals surface area contributed by atoms with Gasteiger partial charge in [-0.2, -0.15) is 0 Å². The zero-order chi connectivity index (χ0) is 42.1. The van der Waals surface area contributed by atoms with Crippen LogP contribution in [0.15, 0.2) is 218 Å². The standard InChI is InChI=1S/C60H40N4/c1-5-21-37(22-6-1)49-53-41-29-13-15-31-43(41)55(61-53)50(38-23-7-2-8-24-38)57-45-33-17-19-35-47(45)59(63-57)52(40-27-11-4-12-28-40)60-48-36-20-18-34-46(48)58(64-60)51(39-25-9-3-10-26-39)56-44-32-16-14-30-42(44)54(49)62-56/h1-36,61-64H. The third-order valence-corrected chi connectivity index (χ3v) is 13.1. The number of aromatic nitrogens is 4. The Morgan fingerprint density at radius 3 is 0.578 bits per heavy atom. The molecule has 0 aliphatic heterocycles. The lowest BCUT2D eigenvalue weighted by Crippen LogP contribution is -2.19. The highest BCUT2D eigenvalue weighted by Crippen LogP contribution is 2.38. The van der Waals surface area contributed by atoms with Crippen LogP contribution in [0.4, 0.5) is 0 Å². The van der Waals surface area contributed by atoms with Gasteiger partial charge in [0.1, 0.15) is 0 Å². The molecule has 13 rings (SSSR count). The first-order valence-corrected chi connectivity index (χ1v) is 22.0. The Labute approximate surface area is 368 Å². The molecule has 12 aromatic rings. The molecular formula is C60H40N4. The normalized spacial score (nSPS) is 12.9. The van der Waals surface area contributed by atoms with E-state index < -0.39 is 0 Å². The van der Waals surface area contributed by atoms with Crippen molar-refractivity contribution in [1.82, 2.24) is 19.9 Å². The van der Waals surface area contributed by atoms with Gasteiger partial charge in [-0.25, -0.2) is 0 Å². The summed E-state index contributed by atoms with van der Waals surface area (Å²) in [5.41, 5.74) is 13.1. The molecule has 0 unspecified atom stereocenters. The van der Waals surface area contributed by atoms with Gasteiger partial charge in [0.2, 0.25) is 0 Å². The van der Waals surface area contributed by atoms with Crippen LogP contribution >= 0.6 is 0 Å². The van der Waals surface area contributed by atoms with Gasteiger partial charge in [-0.15, -0.1) is 0 Å². The van der Waals surface area contributed by atoms with Crippen LogP contribution in [0.1, 0.15) is 45.0 Å². The number of benzene rings is 8. The summed E-state index contributed by atoms with van der Waals surface area (Å²) < 4.78 is 0. The second kappa shape index (κ2) is 14.5. The summed E-state index contributed by atoms with van der Waals surface area (Å²) in [7, 11) is 0. The molecular weight excluding hydrogens is 777 g/mol. The second-order valence-electron chi connectivity index (χ2n) is 16.6. The third-order valence-electron chi connectivity index (χ3n) is 13.1. The molecule has 64 heavy (non-hydrogen) atoms. The first-order chi connectivity index (χ1) is 31.8. The van der Waals surface area contributed by atoms with Crippen molar-refractivity contribution in [3.63, 3.8) is 0 Å². The average molecular weight is 817 g/mol. The van der Waals surface area contributed by atoms with Crippen molar-refractivity contribution < 1.29 is 0 Å². The number of nitrogens with one attached hydrogen (secondary N) is 4. The molecule has 4 nitrogen and oxygen atoms in total. The lowest BCUT2D eigenvalue weighted by atomic mass is 9.96. The summed E-state index contributed by atoms with van der Waals surface area (Å²) in [4.78, 5) is 16.7. The predicted molar refractivity (Wildman–Crippen MR) is 264 cm³/mol. The molecule has 4 N–H and O–H groups in total. The Morgan fingerprint density at radius 1 is 0.172 bits per heavy atom. The number of hydrogen-bond acceptors (Lipinski definition) is 0. The highest BCUT2D eigenvalue weighted by atomic mass is 14.8. The van der Waals surface area contributed by atoms with Crippen molar-refractivity contribution >= 4 is 65.4 Å². The van der Waals surface area contributed by atoms with Gasteiger partial charge < -0.3 is 19.9 Å². The highest BCUT2D eigenvalue weighted by molar-refractivity contribution is 6.09. The van der Waals surface area contributed by atoms with Crippen LogP contribution < -0.4 is 21.4 Å². The summed E-state index contributed by atoms with van der Waals surface area (Å²) in [6.45, 7) is 0. The first-order valence-electron chi connectivity index (χ1n) is 22.0. The molecule has 4 heterocycles. The van der Waals surface area contributed by atoms with E-state index in [9.17, 15) is 0 Å². The van der Waals surface area contributed by atoms with E-state index in [1.54, 1.807) is 0 Å². The topological polar surface area (TPSA) is 63.2 Å². The van der Waals surface area contributed by atoms with Crippen molar-refractivity contribution in [2.24, 2.45) is 0 Å². The van der Waals surface area contributed by atoms with Gasteiger partial charge in [0.05, 0.1) is 44.2 Å². The van der Waals surface area contributed by atoms with Crippen LogP contribution in [0.3, 0.4) is 0 Å². The highest BCUT2D eigenvalue weighted by Gasteiger charge is 2.26. The molecule has 0 spiro atoms. The Balaban J connectivity index is 1.37. The number of aromatic amines is 4. The molecule has 1 aliphatic rings. The maximum atomic E-state index is 4.18. The van der Waals surface area contributed by atoms with Gasteiger partial charge in [-0.1, -0.05) is 218 Å². The van der Waals surface area contributed by atoms with E-state index >= 15 is 0 Å². The van der Waals surface area contributed by atoms with Crippen molar-refractivity contribution in [3.8, 4) is 0 Å². The van der Waals surface area contributed by atoms with E-state index in [0.29, 0.717) is 0 Å². The summed E-state index contributed by atoms with van der Waals surface area (Å²) in [5.74, 6) is 0. The number of hydrogen-bond donors (Lipinski definition) is 4. The van der Waals surface area contributed by atoms with E-state index in [0.717, 1.165) is 132 Å². The summed E-state index contributed by atoms with van der Waals surface area (Å²) in [6, 6.07) is 78.8. The Bertz CT molecular complexity index is 3510. The van der Waals surface area contributed by atoms with Crippen LogP contribution in [0.5, 0.6) is 0 Å². The van der Waals surface area contributed by atoms with Crippen LogP contribution in [-0.2, 0) is 0 Å². The summed E-state index contributed by atoms with van der Waals surface area (Å²) in [5, 5.41) is 13.4. The van der Waals surface area contributed by atoms with Gasteiger partial charge in [-0.3, -0.25) is 0 Å². The fraction of sp³-hybridized carbons (Fsp3) is 0. The first kappa shape index (κ1) is 36.1. The second-order valence-corrected chi connectivity index (χ2v) is 16.6. The summed E-state index contributed by atoms with van der Waals surface area (Å²) >= 11 is 0. The molecule has 0 amide bonds. The molecule has 8 bridgehead atoms. The van der Waals surface area contributed by atoms with Crippen molar-refractivity contribution in [2.75, 3.05) is 0 Å². The van der Waals surface area contributed by atoms with E-state index in [4.69, 9.17) is 0 Å².